The zero-order valence-electron chi connectivity index (χ0n) is 10.2. The standard InChI is InChI=1S/C13H16ClNO3/c1-9-2-3-11(12(14)6-9)13(17)15-4-5-18-10(7-15)8-16/h2-3,6,10,16H,4-5,7-8H2,1H3. The third kappa shape index (κ3) is 2.83. The number of halogens is 1. The molecule has 1 N–H and O–H groups in total. The van der Waals surface area contributed by atoms with E-state index in [9.17, 15) is 4.79 Å². The molecule has 0 aromatic heterocycles. The second-order valence-corrected chi connectivity index (χ2v) is 4.82. The summed E-state index contributed by atoms with van der Waals surface area (Å²) in [5, 5.41) is 9.53. The van der Waals surface area contributed by atoms with Crippen molar-refractivity contribution in [1.82, 2.24) is 4.90 Å². The Kier molecular flexibility index (Phi) is 4.22. The van der Waals surface area contributed by atoms with Gasteiger partial charge in [0.2, 0.25) is 0 Å². The molecule has 98 valence electrons. The average Bonchev–Trinajstić information content (AvgIpc) is 2.38. The topological polar surface area (TPSA) is 49.8 Å². The molecule has 1 aliphatic rings. The Morgan fingerprint density at radius 2 is 2.39 bits per heavy atom. The van der Waals surface area contributed by atoms with Crippen LogP contribution in [0.2, 0.25) is 5.02 Å². The molecular formula is C13H16ClNO3. The number of carbonyl (C=O) groups is 1. The summed E-state index contributed by atoms with van der Waals surface area (Å²) < 4.78 is 5.32. The summed E-state index contributed by atoms with van der Waals surface area (Å²) >= 11 is 6.09. The van der Waals surface area contributed by atoms with Crippen LogP contribution in [0.15, 0.2) is 18.2 Å². The highest BCUT2D eigenvalue weighted by Gasteiger charge is 2.25. The fourth-order valence-electron chi connectivity index (χ4n) is 1.98. The van der Waals surface area contributed by atoms with Crippen molar-refractivity contribution in [3.8, 4) is 0 Å². The number of morpholine rings is 1. The van der Waals surface area contributed by atoms with Crippen molar-refractivity contribution in [1.29, 1.82) is 0 Å². The van der Waals surface area contributed by atoms with Crippen LogP contribution in [0.25, 0.3) is 0 Å². The molecule has 2 rings (SSSR count). The molecule has 1 saturated heterocycles. The maximum atomic E-state index is 12.3. The van der Waals surface area contributed by atoms with E-state index in [0.717, 1.165) is 5.56 Å². The third-order valence-electron chi connectivity index (χ3n) is 2.98. The first-order valence-electron chi connectivity index (χ1n) is 5.89. The molecule has 0 radical (unpaired) electrons. The minimum absolute atomic E-state index is 0.0780. The van der Waals surface area contributed by atoms with Gasteiger partial charge in [-0.25, -0.2) is 0 Å². The van der Waals surface area contributed by atoms with Gasteiger partial charge in [0.25, 0.3) is 5.91 Å². The van der Waals surface area contributed by atoms with Crippen LogP contribution in [0.4, 0.5) is 0 Å². The number of amides is 1. The van der Waals surface area contributed by atoms with Crippen molar-refractivity contribution < 1.29 is 14.6 Å². The highest BCUT2D eigenvalue weighted by Crippen LogP contribution is 2.20. The number of nitrogens with zero attached hydrogens (tertiary/aromatic N) is 1. The molecule has 18 heavy (non-hydrogen) atoms. The molecule has 1 fully saturated rings. The Morgan fingerprint density at radius 1 is 1.61 bits per heavy atom. The quantitative estimate of drug-likeness (QED) is 0.885. The number of hydrogen-bond acceptors (Lipinski definition) is 3. The van der Waals surface area contributed by atoms with Crippen LogP contribution in [0, 0.1) is 6.92 Å². The molecule has 0 saturated carbocycles. The number of ether oxygens (including phenoxy) is 1. The van der Waals surface area contributed by atoms with E-state index in [-0.39, 0.29) is 18.6 Å². The lowest BCUT2D eigenvalue weighted by molar-refractivity contribution is -0.0447. The van der Waals surface area contributed by atoms with Crippen LogP contribution in [0.3, 0.4) is 0 Å². The van der Waals surface area contributed by atoms with Crippen molar-refractivity contribution in [2.75, 3.05) is 26.3 Å². The van der Waals surface area contributed by atoms with Crippen LogP contribution < -0.4 is 0 Å². The molecule has 1 amide bonds. The summed E-state index contributed by atoms with van der Waals surface area (Å²) in [7, 11) is 0. The van der Waals surface area contributed by atoms with Crippen molar-refractivity contribution in [2.24, 2.45) is 0 Å². The predicted molar refractivity (Wildman–Crippen MR) is 68.9 cm³/mol. The Bertz CT molecular complexity index is 450. The summed E-state index contributed by atoms with van der Waals surface area (Å²) in [6, 6.07) is 5.38. The van der Waals surface area contributed by atoms with Crippen LogP contribution in [-0.4, -0.2) is 48.3 Å². The molecule has 0 aliphatic carbocycles. The summed E-state index contributed by atoms with van der Waals surface area (Å²) in [6.07, 6.45) is -0.299. The van der Waals surface area contributed by atoms with E-state index in [1.807, 2.05) is 13.0 Å². The number of carbonyl (C=O) groups excluding carboxylic acids is 1. The number of aliphatic hydroxyl groups excluding tert-OH is 1. The van der Waals surface area contributed by atoms with Gasteiger partial charge in [-0.3, -0.25) is 4.79 Å². The molecule has 1 aliphatic heterocycles. The van der Waals surface area contributed by atoms with Gasteiger partial charge in [-0.15, -0.1) is 0 Å². The molecule has 0 spiro atoms. The minimum Gasteiger partial charge on any atom is -0.394 e. The minimum atomic E-state index is -0.299. The lowest BCUT2D eigenvalue weighted by atomic mass is 10.1. The first-order chi connectivity index (χ1) is 8.61. The smallest absolute Gasteiger partial charge is 0.255 e. The van der Waals surface area contributed by atoms with Crippen molar-refractivity contribution in [2.45, 2.75) is 13.0 Å². The van der Waals surface area contributed by atoms with Gasteiger partial charge in [0, 0.05) is 13.1 Å². The molecule has 5 heteroatoms. The van der Waals surface area contributed by atoms with E-state index in [4.69, 9.17) is 21.4 Å². The Morgan fingerprint density at radius 3 is 3.06 bits per heavy atom. The largest absolute Gasteiger partial charge is 0.394 e. The first kappa shape index (κ1) is 13.3. The SMILES string of the molecule is Cc1ccc(C(=O)N2CCOC(CO)C2)c(Cl)c1. The van der Waals surface area contributed by atoms with Crippen LogP contribution >= 0.6 is 11.6 Å². The number of rotatable bonds is 2. The maximum absolute atomic E-state index is 12.3. The molecule has 1 atom stereocenters. The third-order valence-corrected chi connectivity index (χ3v) is 3.30. The Balaban J connectivity index is 2.15. The molecule has 0 bridgehead atoms. The fraction of sp³-hybridized carbons (Fsp3) is 0.462. The second kappa shape index (κ2) is 5.69. The number of benzene rings is 1. The first-order valence-corrected chi connectivity index (χ1v) is 6.27. The van der Waals surface area contributed by atoms with Gasteiger partial charge in [0.15, 0.2) is 0 Å². The molecule has 1 heterocycles. The van der Waals surface area contributed by atoms with E-state index < -0.39 is 0 Å². The monoisotopic (exact) mass is 269 g/mol. The maximum Gasteiger partial charge on any atom is 0.255 e. The number of hydrogen-bond donors (Lipinski definition) is 1. The number of aliphatic hydroxyl groups is 1. The van der Waals surface area contributed by atoms with Gasteiger partial charge in [-0.1, -0.05) is 17.7 Å². The molecule has 1 unspecified atom stereocenters. The van der Waals surface area contributed by atoms with Crippen LogP contribution in [-0.2, 0) is 4.74 Å². The van der Waals surface area contributed by atoms with E-state index in [2.05, 4.69) is 0 Å². The predicted octanol–water partition coefficient (Wildman–Crippen LogP) is 1.48. The van der Waals surface area contributed by atoms with E-state index in [1.54, 1.807) is 17.0 Å². The zero-order chi connectivity index (χ0) is 13.1. The Hall–Kier alpha value is -1.10. The normalized spacial score (nSPS) is 19.9. The lowest BCUT2D eigenvalue weighted by Crippen LogP contribution is -2.46. The average molecular weight is 270 g/mol. The molecule has 4 nitrogen and oxygen atoms in total. The van der Waals surface area contributed by atoms with Crippen LogP contribution in [0.1, 0.15) is 15.9 Å². The van der Waals surface area contributed by atoms with Crippen LogP contribution in [0.5, 0.6) is 0 Å². The summed E-state index contributed by atoms with van der Waals surface area (Å²) in [5.41, 5.74) is 1.52. The fourth-order valence-corrected chi connectivity index (χ4v) is 2.29. The second-order valence-electron chi connectivity index (χ2n) is 4.41. The van der Waals surface area contributed by atoms with Crippen molar-refractivity contribution in [3.05, 3.63) is 34.3 Å². The van der Waals surface area contributed by atoms with Gasteiger partial charge in [-0.2, -0.15) is 0 Å². The highest BCUT2D eigenvalue weighted by atomic mass is 35.5. The zero-order valence-corrected chi connectivity index (χ0v) is 11.0. The Labute approximate surface area is 111 Å². The summed E-state index contributed by atoms with van der Waals surface area (Å²) in [4.78, 5) is 14.0. The van der Waals surface area contributed by atoms with E-state index in [0.29, 0.717) is 30.3 Å². The summed E-state index contributed by atoms with van der Waals surface area (Å²) in [6.45, 7) is 3.22. The lowest BCUT2D eigenvalue weighted by Gasteiger charge is -2.32. The van der Waals surface area contributed by atoms with E-state index in [1.165, 1.54) is 0 Å². The molecule has 1 aromatic carbocycles. The number of aryl methyl sites for hydroxylation is 1. The molecular weight excluding hydrogens is 254 g/mol. The van der Waals surface area contributed by atoms with Crippen molar-refractivity contribution in [3.63, 3.8) is 0 Å². The highest BCUT2D eigenvalue weighted by molar-refractivity contribution is 6.33. The van der Waals surface area contributed by atoms with Gasteiger partial charge in [0.05, 0.1) is 29.9 Å². The van der Waals surface area contributed by atoms with E-state index >= 15 is 0 Å². The van der Waals surface area contributed by atoms with Crippen molar-refractivity contribution >= 4 is 17.5 Å². The van der Waals surface area contributed by atoms with Gasteiger partial charge < -0.3 is 14.7 Å². The van der Waals surface area contributed by atoms with Gasteiger partial charge in [-0.05, 0) is 24.6 Å². The summed E-state index contributed by atoms with van der Waals surface area (Å²) in [5.74, 6) is -0.109. The molecule has 1 aromatic rings. The van der Waals surface area contributed by atoms with Gasteiger partial charge >= 0.3 is 0 Å². The van der Waals surface area contributed by atoms with Gasteiger partial charge in [0.1, 0.15) is 0 Å².